The normalized spacial score (nSPS) is 10.4. The molecule has 0 unspecified atom stereocenters. The van der Waals surface area contributed by atoms with Crippen molar-refractivity contribution in [1.82, 2.24) is 20.2 Å². The zero-order chi connectivity index (χ0) is 11.5. The molecule has 0 aliphatic carbocycles. The second-order valence-corrected chi connectivity index (χ2v) is 3.92. The summed E-state index contributed by atoms with van der Waals surface area (Å²) in [5.41, 5.74) is 2.01. The Morgan fingerprint density at radius 1 is 1.44 bits per heavy atom. The molecule has 84 valence electrons. The van der Waals surface area contributed by atoms with Gasteiger partial charge in [-0.3, -0.25) is 0 Å². The van der Waals surface area contributed by atoms with Crippen LogP contribution in [-0.4, -0.2) is 20.2 Å². The van der Waals surface area contributed by atoms with Crippen molar-refractivity contribution in [2.45, 2.75) is 13.5 Å². The van der Waals surface area contributed by atoms with Crippen LogP contribution in [0.3, 0.4) is 0 Å². The predicted molar refractivity (Wildman–Crippen MR) is 62.3 cm³/mol. The molecule has 2 aromatic rings. The summed E-state index contributed by atoms with van der Waals surface area (Å²) in [6.45, 7) is 2.50. The lowest BCUT2D eigenvalue weighted by Gasteiger charge is -2.05. The molecular weight excluding hydrogens is 226 g/mol. The van der Waals surface area contributed by atoms with Crippen LogP contribution < -0.4 is 5.32 Å². The molecule has 0 aliphatic heterocycles. The first kappa shape index (κ1) is 10.9. The van der Waals surface area contributed by atoms with Crippen LogP contribution in [-0.2, 0) is 13.6 Å². The van der Waals surface area contributed by atoms with Gasteiger partial charge in [0.1, 0.15) is 0 Å². The highest BCUT2D eigenvalue weighted by Gasteiger charge is 2.01. The molecular formula is C10H12ClN5. The Bertz CT molecular complexity index is 494. The summed E-state index contributed by atoms with van der Waals surface area (Å²) in [6.07, 6.45) is 0. The zero-order valence-corrected chi connectivity index (χ0v) is 9.86. The van der Waals surface area contributed by atoms with Gasteiger partial charge in [0.05, 0.1) is 13.6 Å². The molecule has 0 saturated carbocycles. The number of rotatable bonds is 3. The van der Waals surface area contributed by atoms with Crippen LogP contribution in [0.1, 0.15) is 11.4 Å². The topological polar surface area (TPSA) is 55.6 Å². The van der Waals surface area contributed by atoms with Crippen LogP contribution in [0, 0.1) is 6.92 Å². The third-order valence-corrected chi connectivity index (χ3v) is 2.58. The van der Waals surface area contributed by atoms with E-state index in [0.717, 1.165) is 16.3 Å². The van der Waals surface area contributed by atoms with Gasteiger partial charge in [-0.25, -0.2) is 0 Å². The van der Waals surface area contributed by atoms with Crippen LogP contribution in [0.2, 0.25) is 5.02 Å². The number of nitrogens with one attached hydrogen (secondary N) is 1. The van der Waals surface area contributed by atoms with Gasteiger partial charge in [0.25, 0.3) is 0 Å². The molecule has 0 radical (unpaired) electrons. The SMILES string of the molecule is Cc1ccc(NCc2nnn(C)n2)cc1Cl. The average Bonchev–Trinajstić information content (AvgIpc) is 2.66. The largest absolute Gasteiger partial charge is 0.378 e. The van der Waals surface area contributed by atoms with E-state index in [2.05, 4.69) is 20.7 Å². The maximum Gasteiger partial charge on any atom is 0.193 e. The third kappa shape index (κ3) is 2.49. The minimum atomic E-state index is 0.535. The first-order valence-corrected chi connectivity index (χ1v) is 5.26. The van der Waals surface area contributed by atoms with Crippen molar-refractivity contribution in [2.24, 2.45) is 7.05 Å². The van der Waals surface area contributed by atoms with E-state index in [1.807, 2.05) is 25.1 Å². The van der Waals surface area contributed by atoms with E-state index in [9.17, 15) is 0 Å². The highest BCUT2D eigenvalue weighted by atomic mass is 35.5. The number of halogens is 1. The highest BCUT2D eigenvalue weighted by molar-refractivity contribution is 6.31. The van der Waals surface area contributed by atoms with E-state index in [4.69, 9.17) is 11.6 Å². The molecule has 0 aliphatic rings. The first-order valence-electron chi connectivity index (χ1n) is 4.88. The first-order chi connectivity index (χ1) is 7.65. The Balaban J connectivity index is 2.02. The van der Waals surface area contributed by atoms with Gasteiger partial charge in [-0.05, 0) is 29.8 Å². The number of hydrogen-bond acceptors (Lipinski definition) is 4. The van der Waals surface area contributed by atoms with Gasteiger partial charge in [-0.2, -0.15) is 4.80 Å². The maximum atomic E-state index is 6.01. The number of anilines is 1. The van der Waals surface area contributed by atoms with E-state index in [1.54, 1.807) is 7.05 Å². The standard InChI is InChI=1S/C10H12ClN5/c1-7-3-4-8(5-9(7)11)12-6-10-13-15-16(2)14-10/h3-5,12H,6H2,1-2H3. The predicted octanol–water partition coefficient (Wildman–Crippen LogP) is 1.78. The lowest BCUT2D eigenvalue weighted by Crippen LogP contribution is -2.02. The van der Waals surface area contributed by atoms with E-state index < -0.39 is 0 Å². The van der Waals surface area contributed by atoms with Crippen LogP contribution >= 0.6 is 11.6 Å². The Morgan fingerprint density at radius 3 is 2.88 bits per heavy atom. The molecule has 2 rings (SSSR count). The number of aryl methyl sites for hydroxylation is 2. The van der Waals surface area contributed by atoms with Crippen LogP contribution in [0.25, 0.3) is 0 Å². The monoisotopic (exact) mass is 237 g/mol. The number of benzene rings is 1. The Hall–Kier alpha value is -1.62. The molecule has 1 aromatic heterocycles. The fourth-order valence-corrected chi connectivity index (χ4v) is 1.46. The van der Waals surface area contributed by atoms with E-state index in [0.29, 0.717) is 12.4 Å². The van der Waals surface area contributed by atoms with Gasteiger partial charge in [0, 0.05) is 10.7 Å². The smallest absolute Gasteiger partial charge is 0.193 e. The van der Waals surface area contributed by atoms with Crippen LogP contribution in [0.15, 0.2) is 18.2 Å². The fourth-order valence-electron chi connectivity index (χ4n) is 1.28. The molecule has 0 fully saturated rings. The molecule has 1 heterocycles. The molecule has 6 heteroatoms. The second-order valence-electron chi connectivity index (χ2n) is 3.51. The van der Waals surface area contributed by atoms with Gasteiger partial charge in [-0.15, -0.1) is 10.2 Å². The number of tetrazole rings is 1. The molecule has 0 atom stereocenters. The Labute approximate surface area is 98.4 Å². The molecule has 5 nitrogen and oxygen atoms in total. The van der Waals surface area contributed by atoms with Crippen molar-refractivity contribution in [3.05, 3.63) is 34.6 Å². The second kappa shape index (κ2) is 4.49. The van der Waals surface area contributed by atoms with E-state index in [1.165, 1.54) is 4.80 Å². The van der Waals surface area contributed by atoms with Crippen molar-refractivity contribution in [3.63, 3.8) is 0 Å². The van der Waals surface area contributed by atoms with E-state index >= 15 is 0 Å². The van der Waals surface area contributed by atoms with Crippen molar-refractivity contribution in [3.8, 4) is 0 Å². The van der Waals surface area contributed by atoms with Crippen molar-refractivity contribution < 1.29 is 0 Å². The van der Waals surface area contributed by atoms with Crippen LogP contribution in [0.4, 0.5) is 5.69 Å². The van der Waals surface area contributed by atoms with Crippen molar-refractivity contribution in [2.75, 3.05) is 5.32 Å². The van der Waals surface area contributed by atoms with Crippen molar-refractivity contribution in [1.29, 1.82) is 0 Å². The van der Waals surface area contributed by atoms with Gasteiger partial charge in [-0.1, -0.05) is 17.7 Å². The minimum absolute atomic E-state index is 0.535. The fraction of sp³-hybridized carbons (Fsp3) is 0.300. The Kier molecular flexibility index (Phi) is 3.05. The summed E-state index contributed by atoms with van der Waals surface area (Å²) < 4.78 is 0. The number of aromatic nitrogens is 4. The van der Waals surface area contributed by atoms with Gasteiger partial charge < -0.3 is 5.32 Å². The quantitative estimate of drug-likeness (QED) is 0.884. The average molecular weight is 238 g/mol. The highest BCUT2D eigenvalue weighted by Crippen LogP contribution is 2.19. The summed E-state index contributed by atoms with van der Waals surface area (Å²) in [5.74, 6) is 0.652. The lowest BCUT2D eigenvalue weighted by atomic mass is 10.2. The molecule has 0 spiro atoms. The van der Waals surface area contributed by atoms with E-state index in [-0.39, 0.29) is 0 Å². The summed E-state index contributed by atoms with van der Waals surface area (Å²) in [4.78, 5) is 1.43. The Morgan fingerprint density at radius 2 is 2.25 bits per heavy atom. The molecule has 16 heavy (non-hydrogen) atoms. The summed E-state index contributed by atoms with van der Waals surface area (Å²) in [6, 6.07) is 5.82. The minimum Gasteiger partial charge on any atom is -0.378 e. The van der Waals surface area contributed by atoms with Crippen molar-refractivity contribution >= 4 is 17.3 Å². The van der Waals surface area contributed by atoms with Gasteiger partial charge in [0.15, 0.2) is 5.82 Å². The maximum absolute atomic E-state index is 6.01. The van der Waals surface area contributed by atoms with Gasteiger partial charge in [0.2, 0.25) is 0 Å². The molecule has 0 bridgehead atoms. The lowest BCUT2D eigenvalue weighted by molar-refractivity contribution is 0.628. The summed E-state index contributed by atoms with van der Waals surface area (Å²) >= 11 is 6.01. The van der Waals surface area contributed by atoms with Crippen LogP contribution in [0.5, 0.6) is 0 Å². The third-order valence-electron chi connectivity index (χ3n) is 2.17. The summed E-state index contributed by atoms with van der Waals surface area (Å²) in [5, 5.41) is 15.6. The zero-order valence-electron chi connectivity index (χ0n) is 9.11. The number of nitrogens with zero attached hydrogens (tertiary/aromatic N) is 4. The number of hydrogen-bond donors (Lipinski definition) is 1. The molecule has 0 amide bonds. The summed E-state index contributed by atoms with van der Waals surface area (Å²) in [7, 11) is 1.74. The van der Waals surface area contributed by atoms with Gasteiger partial charge >= 0.3 is 0 Å². The molecule has 1 aromatic carbocycles. The molecule has 0 saturated heterocycles. The molecule has 1 N–H and O–H groups in total.